The number of aryl methyl sites for hydroxylation is 1. The zero-order valence-electron chi connectivity index (χ0n) is 15.0. The minimum absolute atomic E-state index is 0.128. The summed E-state index contributed by atoms with van der Waals surface area (Å²) in [6, 6.07) is 7.35. The Morgan fingerprint density at radius 2 is 1.77 bits per heavy atom. The Labute approximate surface area is 153 Å². The number of nitrogens with one attached hydrogen (secondary N) is 1. The van der Waals surface area contributed by atoms with E-state index in [9.17, 15) is 14.4 Å². The van der Waals surface area contributed by atoms with Crippen molar-refractivity contribution >= 4 is 17.8 Å². The van der Waals surface area contributed by atoms with Crippen molar-refractivity contribution in [1.82, 2.24) is 15.1 Å². The highest BCUT2D eigenvalue weighted by Crippen LogP contribution is 2.39. The predicted octanol–water partition coefficient (Wildman–Crippen LogP) is 2.17. The zero-order valence-corrected chi connectivity index (χ0v) is 15.0. The Morgan fingerprint density at radius 1 is 1.04 bits per heavy atom. The number of carbonyl (C=O) groups excluding carboxylic acids is 3. The highest BCUT2D eigenvalue weighted by Gasteiger charge is 2.54. The quantitative estimate of drug-likeness (QED) is 0.827. The number of imide groups is 1. The fraction of sp³-hybridized carbons (Fsp3) is 0.550. The third-order valence-electron chi connectivity index (χ3n) is 5.90. The Morgan fingerprint density at radius 3 is 2.54 bits per heavy atom. The minimum Gasteiger partial charge on any atom is -0.341 e. The molecule has 2 saturated heterocycles. The van der Waals surface area contributed by atoms with Gasteiger partial charge in [-0.15, -0.1) is 0 Å². The van der Waals surface area contributed by atoms with E-state index < -0.39 is 11.6 Å². The summed E-state index contributed by atoms with van der Waals surface area (Å²) >= 11 is 0. The lowest BCUT2D eigenvalue weighted by atomic mass is 9.76. The molecular weight excluding hydrogens is 330 g/mol. The first-order valence-electron chi connectivity index (χ1n) is 9.62. The summed E-state index contributed by atoms with van der Waals surface area (Å²) in [5, 5.41) is 2.91. The van der Waals surface area contributed by atoms with Crippen LogP contribution in [0, 0.1) is 0 Å². The average molecular weight is 355 g/mol. The molecule has 1 aliphatic carbocycles. The van der Waals surface area contributed by atoms with Crippen LogP contribution in [0.5, 0.6) is 0 Å². The molecule has 1 atom stereocenters. The number of benzene rings is 1. The molecule has 1 spiro atoms. The molecule has 138 valence electrons. The predicted molar refractivity (Wildman–Crippen MR) is 96.4 cm³/mol. The van der Waals surface area contributed by atoms with E-state index in [0.717, 1.165) is 67.6 Å². The van der Waals surface area contributed by atoms with Gasteiger partial charge in [-0.25, -0.2) is 4.79 Å². The van der Waals surface area contributed by atoms with Gasteiger partial charge >= 0.3 is 6.03 Å². The van der Waals surface area contributed by atoms with Crippen LogP contribution in [0.4, 0.5) is 4.79 Å². The van der Waals surface area contributed by atoms with Crippen molar-refractivity contribution in [1.29, 1.82) is 0 Å². The van der Waals surface area contributed by atoms with E-state index in [0.29, 0.717) is 6.42 Å². The second kappa shape index (κ2) is 6.74. The van der Waals surface area contributed by atoms with E-state index >= 15 is 0 Å². The van der Waals surface area contributed by atoms with Gasteiger partial charge in [0.2, 0.25) is 5.91 Å². The maximum absolute atomic E-state index is 13.2. The highest BCUT2D eigenvalue weighted by molar-refractivity contribution is 6.09. The first-order valence-corrected chi connectivity index (χ1v) is 9.62. The molecule has 4 amide bonds. The van der Waals surface area contributed by atoms with Crippen LogP contribution in [0.25, 0.3) is 0 Å². The number of amides is 4. The molecule has 1 aromatic carbocycles. The number of nitrogens with zero attached hydrogens (tertiary/aromatic N) is 2. The van der Waals surface area contributed by atoms with Gasteiger partial charge in [0.15, 0.2) is 0 Å². The molecule has 0 aromatic heterocycles. The standard InChI is InChI=1S/C20H25N3O3/c24-17(22-12-5-1-2-6-13-22)14-23-18(25)20(21-19(23)26)11-7-9-15-8-3-4-10-16(15)20/h3-4,8,10H,1-2,5-7,9,11-14H2,(H,21,26). The van der Waals surface area contributed by atoms with Gasteiger partial charge in [0.1, 0.15) is 12.1 Å². The van der Waals surface area contributed by atoms with Gasteiger partial charge in [-0.3, -0.25) is 14.5 Å². The zero-order chi connectivity index (χ0) is 18.1. The van der Waals surface area contributed by atoms with Crippen LogP contribution in [-0.2, 0) is 21.5 Å². The summed E-state index contributed by atoms with van der Waals surface area (Å²) in [6.07, 6.45) is 6.58. The van der Waals surface area contributed by atoms with Crippen LogP contribution < -0.4 is 5.32 Å². The third kappa shape index (κ3) is 2.77. The number of carbonyl (C=O) groups is 3. The molecule has 2 heterocycles. The molecule has 26 heavy (non-hydrogen) atoms. The minimum atomic E-state index is -0.995. The van der Waals surface area contributed by atoms with E-state index in [1.165, 1.54) is 0 Å². The second-order valence-corrected chi connectivity index (χ2v) is 7.53. The van der Waals surface area contributed by atoms with E-state index in [1.54, 1.807) is 4.90 Å². The Balaban J connectivity index is 1.56. The van der Waals surface area contributed by atoms with E-state index in [4.69, 9.17) is 0 Å². The van der Waals surface area contributed by atoms with Gasteiger partial charge in [0.25, 0.3) is 5.91 Å². The molecule has 4 rings (SSSR count). The fourth-order valence-corrected chi connectivity index (χ4v) is 4.51. The van der Waals surface area contributed by atoms with Crippen LogP contribution >= 0.6 is 0 Å². The number of rotatable bonds is 2. The maximum atomic E-state index is 13.2. The van der Waals surface area contributed by atoms with E-state index in [-0.39, 0.29) is 18.4 Å². The highest BCUT2D eigenvalue weighted by atomic mass is 16.2. The van der Waals surface area contributed by atoms with Crippen LogP contribution in [0.15, 0.2) is 24.3 Å². The molecule has 1 aromatic rings. The number of urea groups is 1. The molecule has 2 fully saturated rings. The lowest BCUT2D eigenvalue weighted by Crippen LogP contribution is -2.47. The Hall–Kier alpha value is -2.37. The molecule has 0 bridgehead atoms. The van der Waals surface area contributed by atoms with Crippen molar-refractivity contribution in [3.63, 3.8) is 0 Å². The molecule has 3 aliphatic rings. The van der Waals surface area contributed by atoms with Crippen molar-refractivity contribution in [2.75, 3.05) is 19.6 Å². The summed E-state index contributed by atoms with van der Waals surface area (Å²) in [6.45, 7) is 1.28. The summed E-state index contributed by atoms with van der Waals surface area (Å²) in [5.74, 6) is -0.408. The molecule has 1 unspecified atom stereocenters. The fourth-order valence-electron chi connectivity index (χ4n) is 4.51. The summed E-state index contributed by atoms with van der Waals surface area (Å²) < 4.78 is 0. The van der Waals surface area contributed by atoms with Crippen LogP contribution in [-0.4, -0.2) is 47.3 Å². The topological polar surface area (TPSA) is 69.7 Å². The van der Waals surface area contributed by atoms with Gasteiger partial charge in [-0.1, -0.05) is 37.1 Å². The van der Waals surface area contributed by atoms with Gasteiger partial charge in [-0.05, 0) is 43.2 Å². The molecule has 2 aliphatic heterocycles. The number of hydrogen-bond acceptors (Lipinski definition) is 3. The largest absolute Gasteiger partial charge is 0.341 e. The van der Waals surface area contributed by atoms with Crippen molar-refractivity contribution < 1.29 is 14.4 Å². The molecule has 0 radical (unpaired) electrons. The molecule has 6 heteroatoms. The SMILES string of the molecule is O=C(CN1C(=O)NC2(CCCc3ccccc32)C1=O)N1CCCCCC1. The normalized spacial score (nSPS) is 25.8. The lowest BCUT2D eigenvalue weighted by Gasteiger charge is -2.33. The average Bonchev–Trinajstić information content (AvgIpc) is 2.86. The van der Waals surface area contributed by atoms with Gasteiger partial charge in [-0.2, -0.15) is 0 Å². The molecule has 0 saturated carbocycles. The second-order valence-electron chi connectivity index (χ2n) is 7.53. The van der Waals surface area contributed by atoms with E-state index in [2.05, 4.69) is 5.32 Å². The van der Waals surface area contributed by atoms with Crippen molar-refractivity contribution in [2.45, 2.75) is 50.5 Å². The number of fused-ring (bicyclic) bond motifs is 2. The van der Waals surface area contributed by atoms with Crippen LogP contribution in [0.2, 0.25) is 0 Å². The van der Waals surface area contributed by atoms with Crippen LogP contribution in [0.1, 0.15) is 49.7 Å². The number of hydrogen-bond donors (Lipinski definition) is 1. The first-order chi connectivity index (χ1) is 12.6. The summed E-state index contributed by atoms with van der Waals surface area (Å²) in [5.41, 5.74) is 0.993. The Kier molecular flexibility index (Phi) is 4.42. The summed E-state index contributed by atoms with van der Waals surface area (Å²) in [7, 11) is 0. The molecule has 6 nitrogen and oxygen atoms in total. The van der Waals surface area contributed by atoms with Gasteiger partial charge in [0, 0.05) is 13.1 Å². The first kappa shape index (κ1) is 17.1. The van der Waals surface area contributed by atoms with Crippen LogP contribution in [0.3, 0.4) is 0 Å². The van der Waals surface area contributed by atoms with Crippen molar-refractivity contribution in [3.05, 3.63) is 35.4 Å². The lowest BCUT2D eigenvalue weighted by molar-refractivity contribution is -0.139. The van der Waals surface area contributed by atoms with Gasteiger partial charge in [0.05, 0.1) is 0 Å². The maximum Gasteiger partial charge on any atom is 0.325 e. The molecular formula is C20H25N3O3. The van der Waals surface area contributed by atoms with Crippen molar-refractivity contribution in [3.8, 4) is 0 Å². The molecule has 1 N–H and O–H groups in total. The monoisotopic (exact) mass is 355 g/mol. The number of likely N-dealkylation sites (tertiary alicyclic amines) is 1. The Bertz CT molecular complexity index is 740. The smallest absolute Gasteiger partial charge is 0.325 e. The van der Waals surface area contributed by atoms with E-state index in [1.807, 2.05) is 24.3 Å². The summed E-state index contributed by atoms with van der Waals surface area (Å²) in [4.78, 5) is 41.4. The third-order valence-corrected chi connectivity index (χ3v) is 5.90. The van der Waals surface area contributed by atoms with Gasteiger partial charge < -0.3 is 10.2 Å². The van der Waals surface area contributed by atoms with Crippen molar-refractivity contribution in [2.24, 2.45) is 0 Å².